The van der Waals surface area contributed by atoms with Gasteiger partial charge < -0.3 is 10.6 Å². The highest BCUT2D eigenvalue weighted by Gasteiger charge is 2.27. The molecule has 0 radical (unpaired) electrons. The van der Waals surface area contributed by atoms with Gasteiger partial charge in [-0.1, -0.05) is 42.5 Å². The highest BCUT2D eigenvalue weighted by Crippen LogP contribution is 2.19. The summed E-state index contributed by atoms with van der Waals surface area (Å²) in [4.78, 5) is 16.2. The molecule has 0 aliphatic heterocycles. The Labute approximate surface area is 159 Å². The van der Waals surface area contributed by atoms with Gasteiger partial charge in [0, 0.05) is 24.7 Å². The van der Waals surface area contributed by atoms with Crippen LogP contribution < -0.4 is 10.6 Å². The first kappa shape index (κ1) is 19.4. The molecule has 0 saturated heterocycles. The fraction of sp³-hybridized carbons (Fsp3) is 0.211. The van der Waals surface area contributed by atoms with Crippen molar-refractivity contribution in [2.45, 2.75) is 12.7 Å². The van der Waals surface area contributed by atoms with Crippen molar-refractivity contribution in [3.8, 4) is 11.4 Å². The second-order valence-corrected chi connectivity index (χ2v) is 6.10. The number of nitrogens with zero attached hydrogens (tertiary/aromatic N) is 3. The largest absolute Gasteiger partial charge is 0.405 e. The van der Waals surface area contributed by atoms with E-state index in [2.05, 4.69) is 15.4 Å². The molecule has 6 nitrogen and oxygen atoms in total. The smallest absolute Gasteiger partial charge is 0.350 e. The molecule has 2 aromatic carbocycles. The number of hydrogen-bond donors (Lipinski definition) is 2. The molecule has 1 aromatic heterocycles. The van der Waals surface area contributed by atoms with Crippen molar-refractivity contribution in [1.29, 1.82) is 0 Å². The van der Waals surface area contributed by atoms with E-state index in [-0.39, 0.29) is 5.56 Å². The topological polar surface area (TPSA) is 71.8 Å². The third kappa shape index (κ3) is 5.09. The van der Waals surface area contributed by atoms with E-state index >= 15 is 0 Å². The number of benzene rings is 2. The Kier molecular flexibility index (Phi) is 5.62. The van der Waals surface area contributed by atoms with E-state index in [0.29, 0.717) is 23.9 Å². The molecule has 2 N–H and O–H groups in total. The van der Waals surface area contributed by atoms with Gasteiger partial charge in [-0.05, 0) is 17.7 Å². The molecule has 28 heavy (non-hydrogen) atoms. The van der Waals surface area contributed by atoms with Gasteiger partial charge in [0.1, 0.15) is 6.54 Å². The lowest BCUT2D eigenvalue weighted by Gasteiger charge is -2.08. The van der Waals surface area contributed by atoms with Crippen molar-refractivity contribution >= 4 is 11.9 Å². The first-order chi connectivity index (χ1) is 13.3. The maximum Gasteiger partial charge on any atom is 0.405 e. The minimum absolute atomic E-state index is 0.131. The fourth-order valence-corrected chi connectivity index (χ4v) is 2.49. The Hall–Kier alpha value is -3.36. The van der Waals surface area contributed by atoms with Gasteiger partial charge in [0.15, 0.2) is 5.82 Å². The van der Waals surface area contributed by atoms with Gasteiger partial charge >= 0.3 is 6.18 Å². The first-order valence-corrected chi connectivity index (χ1v) is 8.46. The zero-order valence-corrected chi connectivity index (χ0v) is 15.0. The van der Waals surface area contributed by atoms with Crippen molar-refractivity contribution in [2.24, 2.45) is 7.05 Å². The summed E-state index contributed by atoms with van der Waals surface area (Å²) in [5.41, 5.74) is 1.88. The lowest BCUT2D eigenvalue weighted by Crippen LogP contribution is -2.33. The number of hydrogen-bond acceptors (Lipinski definition) is 4. The molecule has 3 rings (SSSR count). The Morgan fingerprint density at radius 2 is 1.75 bits per heavy atom. The number of halogens is 3. The van der Waals surface area contributed by atoms with Gasteiger partial charge in [0.2, 0.25) is 5.95 Å². The predicted molar refractivity (Wildman–Crippen MR) is 98.6 cm³/mol. The molecule has 0 bridgehead atoms. The number of carbonyl (C=O) groups is 1. The van der Waals surface area contributed by atoms with Crippen LogP contribution in [0, 0.1) is 0 Å². The number of aryl methyl sites for hydroxylation is 1. The normalized spacial score (nSPS) is 11.3. The SMILES string of the molecule is Cn1nc(-c2ccc(C(=O)NCC(F)(F)F)cc2)nc1NCc1ccccc1. The molecule has 0 aliphatic carbocycles. The van der Waals surface area contributed by atoms with Crippen LogP contribution in [0.15, 0.2) is 54.6 Å². The molecule has 0 saturated carbocycles. The van der Waals surface area contributed by atoms with Crippen LogP contribution in [-0.4, -0.2) is 33.4 Å². The van der Waals surface area contributed by atoms with Crippen LogP contribution in [0.2, 0.25) is 0 Å². The molecule has 0 fully saturated rings. The second kappa shape index (κ2) is 8.12. The average molecular weight is 389 g/mol. The molecular formula is C19H18F3N5O. The van der Waals surface area contributed by atoms with E-state index in [1.165, 1.54) is 12.1 Å². The number of aromatic nitrogens is 3. The molecule has 9 heteroatoms. The third-order valence-electron chi connectivity index (χ3n) is 3.91. The van der Waals surface area contributed by atoms with E-state index in [0.717, 1.165) is 5.56 Å². The van der Waals surface area contributed by atoms with Crippen LogP contribution >= 0.6 is 0 Å². The lowest BCUT2D eigenvalue weighted by atomic mass is 10.1. The van der Waals surface area contributed by atoms with Gasteiger partial charge in [0.25, 0.3) is 5.91 Å². The van der Waals surface area contributed by atoms with Crippen molar-refractivity contribution < 1.29 is 18.0 Å². The van der Waals surface area contributed by atoms with Crippen molar-refractivity contribution in [3.05, 3.63) is 65.7 Å². The fourth-order valence-electron chi connectivity index (χ4n) is 2.49. The molecule has 1 heterocycles. The Bertz CT molecular complexity index is 936. The van der Waals surface area contributed by atoms with Gasteiger partial charge in [-0.25, -0.2) is 4.68 Å². The van der Waals surface area contributed by atoms with Gasteiger partial charge in [0.05, 0.1) is 0 Å². The zero-order chi connectivity index (χ0) is 20.1. The molecule has 0 aliphatic rings. The zero-order valence-electron chi connectivity index (χ0n) is 15.0. The van der Waals surface area contributed by atoms with E-state index in [1.807, 2.05) is 35.6 Å². The highest BCUT2D eigenvalue weighted by molar-refractivity contribution is 5.94. The molecule has 146 valence electrons. The summed E-state index contributed by atoms with van der Waals surface area (Å²) >= 11 is 0. The number of carbonyl (C=O) groups excluding carboxylic acids is 1. The van der Waals surface area contributed by atoms with Gasteiger partial charge in [-0.3, -0.25) is 4.79 Å². The van der Waals surface area contributed by atoms with Gasteiger partial charge in [-0.15, -0.1) is 5.10 Å². The highest BCUT2D eigenvalue weighted by atomic mass is 19.4. The van der Waals surface area contributed by atoms with E-state index < -0.39 is 18.6 Å². The number of alkyl halides is 3. The Balaban J connectivity index is 1.66. The van der Waals surface area contributed by atoms with E-state index in [9.17, 15) is 18.0 Å². The summed E-state index contributed by atoms with van der Waals surface area (Å²) in [6.07, 6.45) is -4.45. The third-order valence-corrected chi connectivity index (χ3v) is 3.91. The summed E-state index contributed by atoms with van der Waals surface area (Å²) in [7, 11) is 1.75. The summed E-state index contributed by atoms with van der Waals surface area (Å²) in [5, 5.41) is 9.36. The number of rotatable bonds is 6. The Morgan fingerprint density at radius 1 is 1.07 bits per heavy atom. The van der Waals surface area contributed by atoms with Crippen LogP contribution in [-0.2, 0) is 13.6 Å². The van der Waals surface area contributed by atoms with E-state index in [4.69, 9.17) is 0 Å². The molecule has 0 unspecified atom stereocenters. The maximum atomic E-state index is 12.2. The summed E-state index contributed by atoms with van der Waals surface area (Å²) in [5.74, 6) is 0.231. The monoisotopic (exact) mass is 389 g/mol. The van der Waals surface area contributed by atoms with Crippen molar-refractivity contribution in [1.82, 2.24) is 20.1 Å². The van der Waals surface area contributed by atoms with Crippen LogP contribution in [0.4, 0.5) is 19.1 Å². The molecule has 1 amide bonds. The number of anilines is 1. The standard InChI is InChI=1S/C19H18F3N5O/c1-27-18(23-11-13-5-3-2-4-6-13)25-16(26-27)14-7-9-15(10-8-14)17(28)24-12-19(20,21)22/h2-10H,11-12H2,1H3,(H,24,28)(H,23,25,26). The van der Waals surface area contributed by atoms with Gasteiger partial charge in [-0.2, -0.15) is 18.2 Å². The second-order valence-electron chi connectivity index (χ2n) is 6.10. The summed E-state index contributed by atoms with van der Waals surface area (Å²) < 4.78 is 38.2. The molecule has 0 atom stereocenters. The van der Waals surface area contributed by atoms with Crippen LogP contribution in [0.1, 0.15) is 15.9 Å². The quantitative estimate of drug-likeness (QED) is 0.678. The van der Waals surface area contributed by atoms with Crippen LogP contribution in [0.3, 0.4) is 0 Å². The van der Waals surface area contributed by atoms with Crippen LogP contribution in [0.25, 0.3) is 11.4 Å². The predicted octanol–water partition coefficient (Wildman–Crippen LogP) is 3.39. The maximum absolute atomic E-state index is 12.2. The van der Waals surface area contributed by atoms with Crippen molar-refractivity contribution in [3.63, 3.8) is 0 Å². The minimum atomic E-state index is -4.45. The Morgan fingerprint density at radius 3 is 2.39 bits per heavy atom. The number of nitrogens with one attached hydrogen (secondary N) is 2. The minimum Gasteiger partial charge on any atom is -0.350 e. The lowest BCUT2D eigenvalue weighted by molar-refractivity contribution is -0.123. The molecule has 3 aromatic rings. The van der Waals surface area contributed by atoms with E-state index in [1.54, 1.807) is 23.9 Å². The van der Waals surface area contributed by atoms with Crippen molar-refractivity contribution in [2.75, 3.05) is 11.9 Å². The summed E-state index contributed by atoms with van der Waals surface area (Å²) in [6.45, 7) is -0.781. The summed E-state index contributed by atoms with van der Waals surface area (Å²) in [6, 6.07) is 15.9. The number of amides is 1. The molecular weight excluding hydrogens is 371 g/mol. The average Bonchev–Trinajstić information content (AvgIpc) is 3.05. The first-order valence-electron chi connectivity index (χ1n) is 8.46. The van der Waals surface area contributed by atoms with Crippen LogP contribution in [0.5, 0.6) is 0 Å². The molecule has 0 spiro atoms.